The van der Waals surface area contributed by atoms with Crippen molar-refractivity contribution in [3.05, 3.63) is 23.8 Å². The van der Waals surface area contributed by atoms with Crippen LogP contribution >= 0.6 is 0 Å². The molecule has 10 heteroatoms. The molecular formula is C30H47NO9. The van der Waals surface area contributed by atoms with E-state index in [4.69, 9.17) is 18.9 Å². The fourth-order valence-electron chi connectivity index (χ4n) is 3.57. The van der Waals surface area contributed by atoms with Crippen molar-refractivity contribution in [3.8, 4) is 11.5 Å². The molecule has 0 aliphatic rings. The first kappa shape index (κ1) is 34.9. The molecule has 0 fully saturated rings. The van der Waals surface area contributed by atoms with E-state index in [0.717, 1.165) is 32.1 Å². The lowest BCUT2D eigenvalue weighted by Gasteiger charge is -2.19. The summed E-state index contributed by atoms with van der Waals surface area (Å²) in [6.45, 7) is 11.9. The van der Waals surface area contributed by atoms with Crippen LogP contribution in [-0.4, -0.2) is 54.5 Å². The Labute approximate surface area is 238 Å². The van der Waals surface area contributed by atoms with Gasteiger partial charge in [-0.1, -0.05) is 66.4 Å². The molecule has 0 saturated heterocycles. The standard InChI is InChI=1S/C30H47NO9/c1-7-10-11-14-37-30(36)38-22(6)19-31-24(29(34)35)17-23-12-13-25(39-27(32)15-20(4)8-2)26(18-23)40-28(33)16-21(5)9-3/h12-13,18,20-22,24,31H,7-11,14-17,19H2,1-6H3,(H,34,35)/t20?,21?,22?,24-/m0/s1. The number of nitrogens with one attached hydrogen (secondary N) is 1. The monoisotopic (exact) mass is 565 g/mol. The summed E-state index contributed by atoms with van der Waals surface area (Å²) < 4.78 is 21.3. The Morgan fingerprint density at radius 2 is 1.48 bits per heavy atom. The summed E-state index contributed by atoms with van der Waals surface area (Å²) in [4.78, 5) is 48.7. The number of carbonyl (C=O) groups excluding carboxylic acids is 3. The second-order valence-electron chi connectivity index (χ2n) is 10.4. The van der Waals surface area contributed by atoms with Crippen LogP contribution in [0, 0.1) is 11.8 Å². The maximum absolute atomic E-state index is 12.5. The number of hydrogen-bond acceptors (Lipinski definition) is 9. The van der Waals surface area contributed by atoms with Gasteiger partial charge >= 0.3 is 24.1 Å². The maximum Gasteiger partial charge on any atom is 0.508 e. The second-order valence-corrected chi connectivity index (χ2v) is 10.4. The van der Waals surface area contributed by atoms with Crippen LogP contribution in [0.3, 0.4) is 0 Å². The van der Waals surface area contributed by atoms with Crippen molar-refractivity contribution in [1.29, 1.82) is 0 Å². The Bertz CT molecular complexity index is 949. The van der Waals surface area contributed by atoms with Gasteiger partial charge in [0.1, 0.15) is 12.1 Å². The van der Waals surface area contributed by atoms with Crippen molar-refractivity contribution in [1.82, 2.24) is 5.32 Å². The highest BCUT2D eigenvalue weighted by atomic mass is 16.7. The molecule has 0 aliphatic heterocycles. The van der Waals surface area contributed by atoms with Crippen molar-refractivity contribution in [2.75, 3.05) is 13.2 Å². The van der Waals surface area contributed by atoms with Gasteiger partial charge in [0, 0.05) is 19.4 Å². The van der Waals surface area contributed by atoms with E-state index >= 15 is 0 Å². The summed E-state index contributed by atoms with van der Waals surface area (Å²) >= 11 is 0. The minimum Gasteiger partial charge on any atom is -0.480 e. The molecule has 40 heavy (non-hydrogen) atoms. The Kier molecular flexibility index (Phi) is 16.6. The molecule has 0 bridgehead atoms. The van der Waals surface area contributed by atoms with E-state index in [1.807, 2.05) is 34.6 Å². The van der Waals surface area contributed by atoms with Gasteiger partial charge in [-0.3, -0.25) is 14.4 Å². The van der Waals surface area contributed by atoms with Crippen LogP contribution in [0.5, 0.6) is 11.5 Å². The molecule has 0 radical (unpaired) electrons. The van der Waals surface area contributed by atoms with Gasteiger partial charge in [-0.2, -0.15) is 0 Å². The van der Waals surface area contributed by atoms with Crippen molar-refractivity contribution in [2.24, 2.45) is 11.8 Å². The van der Waals surface area contributed by atoms with Gasteiger partial charge in [-0.15, -0.1) is 0 Å². The lowest BCUT2D eigenvalue weighted by Crippen LogP contribution is -2.42. The Morgan fingerprint density at radius 3 is 2.02 bits per heavy atom. The number of benzene rings is 1. The number of carboxylic acid groups (broad SMARTS) is 1. The summed E-state index contributed by atoms with van der Waals surface area (Å²) in [6.07, 6.45) is 3.37. The molecule has 0 saturated carbocycles. The molecule has 1 rings (SSSR count). The number of carbonyl (C=O) groups is 4. The summed E-state index contributed by atoms with van der Waals surface area (Å²) in [7, 11) is 0. The van der Waals surface area contributed by atoms with Gasteiger partial charge in [0.25, 0.3) is 0 Å². The zero-order valence-electron chi connectivity index (χ0n) is 24.8. The number of aliphatic carboxylic acids is 1. The smallest absolute Gasteiger partial charge is 0.480 e. The predicted octanol–water partition coefficient (Wildman–Crippen LogP) is 5.69. The summed E-state index contributed by atoms with van der Waals surface area (Å²) in [6, 6.07) is 3.64. The quantitative estimate of drug-likeness (QED) is 0.122. The van der Waals surface area contributed by atoms with Gasteiger partial charge < -0.3 is 29.4 Å². The van der Waals surface area contributed by atoms with Crippen molar-refractivity contribution in [3.63, 3.8) is 0 Å². The Hall–Kier alpha value is -3.14. The van der Waals surface area contributed by atoms with E-state index in [1.54, 1.807) is 13.0 Å². The molecule has 4 atom stereocenters. The van der Waals surface area contributed by atoms with E-state index < -0.39 is 36.2 Å². The summed E-state index contributed by atoms with van der Waals surface area (Å²) in [5.74, 6) is -1.58. The van der Waals surface area contributed by atoms with E-state index in [2.05, 4.69) is 5.32 Å². The van der Waals surface area contributed by atoms with E-state index in [9.17, 15) is 24.3 Å². The maximum atomic E-state index is 12.5. The Balaban J connectivity index is 2.93. The van der Waals surface area contributed by atoms with Gasteiger partial charge in [-0.05, 0) is 49.3 Å². The van der Waals surface area contributed by atoms with Crippen LogP contribution in [0.15, 0.2) is 18.2 Å². The summed E-state index contributed by atoms with van der Waals surface area (Å²) in [5, 5.41) is 12.7. The third-order valence-electron chi connectivity index (χ3n) is 6.53. The fourth-order valence-corrected chi connectivity index (χ4v) is 3.57. The molecular weight excluding hydrogens is 518 g/mol. The van der Waals surface area contributed by atoms with E-state index in [0.29, 0.717) is 5.56 Å². The molecule has 0 aliphatic carbocycles. The second kappa shape index (κ2) is 19.0. The topological polar surface area (TPSA) is 137 Å². The lowest BCUT2D eigenvalue weighted by molar-refractivity contribution is -0.139. The van der Waals surface area contributed by atoms with Crippen LogP contribution in [0.4, 0.5) is 4.79 Å². The zero-order valence-corrected chi connectivity index (χ0v) is 24.8. The first-order chi connectivity index (χ1) is 19.0. The van der Waals surface area contributed by atoms with Crippen LogP contribution in [0.1, 0.15) is 92.1 Å². The molecule has 2 N–H and O–H groups in total. The van der Waals surface area contributed by atoms with Gasteiger partial charge in [-0.25, -0.2) is 4.79 Å². The van der Waals surface area contributed by atoms with Gasteiger partial charge in [0.15, 0.2) is 11.5 Å². The number of ether oxygens (including phenoxy) is 4. The molecule has 226 valence electrons. The highest BCUT2D eigenvalue weighted by Crippen LogP contribution is 2.30. The highest BCUT2D eigenvalue weighted by molar-refractivity contribution is 5.77. The molecule has 0 aromatic heterocycles. The lowest BCUT2D eigenvalue weighted by atomic mass is 10.0. The number of esters is 2. The largest absolute Gasteiger partial charge is 0.508 e. The average Bonchev–Trinajstić information content (AvgIpc) is 2.89. The number of hydrogen-bond donors (Lipinski definition) is 2. The van der Waals surface area contributed by atoms with E-state index in [1.165, 1.54) is 12.1 Å². The van der Waals surface area contributed by atoms with Gasteiger partial charge in [0.05, 0.1) is 6.61 Å². The molecule has 0 spiro atoms. The van der Waals surface area contributed by atoms with Crippen molar-refractivity contribution in [2.45, 2.75) is 105 Å². The van der Waals surface area contributed by atoms with Gasteiger partial charge in [0.2, 0.25) is 0 Å². The third-order valence-corrected chi connectivity index (χ3v) is 6.53. The average molecular weight is 566 g/mol. The normalized spacial score (nSPS) is 13.9. The fraction of sp³-hybridized carbons (Fsp3) is 0.667. The van der Waals surface area contributed by atoms with Crippen molar-refractivity contribution < 1.29 is 43.2 Å². The van der Waals surface area contributed by atoms with E-state index in [-0.39, 0.29) is 55.7 Å². The molecule has 3 unspecified atom stereocenters. The molecule has 0 amide bonds. The van der Waals surface area contributed by atoms with Crippen LogP contribution in [0.2, 0.25) is 0 Å². The predicted molar refractivity (Wildman–Crippen MR) is 150 cm³/mol. The SMILES string of the molecule is CCCCCOC(=O)OC(C)CN[C@@H](Cc1ccc(OC(=O)CC(C)CC)c(OC(=O)CC(C)CC)c1)C(=O)O. The minimum atomic E-state index is -1.10. The first-order valence-corrected chi connectivity index (χ1v) is 14.3. The molecule has 0 heterocycles. The van der Waals surface area contributed by atoms with Crippen LogP contribution in [0.25, 0.3) is 0 Å². The summed E-state index contributed by atoms with van der Waals surface area (Å²) in [5.41, 5.74) is 0.553. The molecule has 1 aromatic rings. The zero-order chi connectivity index (χ0) is 30.1. The van der Waals surface area contributed by atoms with Crippen molar-refractivity contribution >= 4 is 24.1 Å². The first-order valence-electron chi connectivity index (χ1n) is 14.3. The van der Waals surface area contributed by atoms with Crippen LogP contribution in [-0.2, 0) is 30.3 Å². The molecule has 1 aromatic carbocycles. The number of carboxylic acids is 1. The highest BCUT2D eigenvalue weighted by Gasteiger charge is 2.22. The minimum absolute atomic E-state index is 0.0422. The number of rotatable bonds is 19. The Morgan fingerprint density at radius 1 is 0.875 bits per heavy atom. The molecule has 10 nitrogen and oxygen atoms in total. The van der Waals surface area contributed by atoms with Crippen LogP contribution < -0.4 is 14.8 Å². The number of unbranched alkanes of at least 4 members (excludes halogenated alkanes) is 2. The third kappa shape index (κ3) is 14.3.